The fourth-order valence-electron chi connectivity index (χ4n) is 2.96. The van der Waals surface area contributed by atoms with E-state index in [9.17, 15) is 13.2 Å². The van der Waals surface area contributed by atoms with Crippen LogP contribution in [-0.2, 0) is 12.6 Å². The smallest absolute Gasteiger partial charge is 0.418 e. The highest BCUT2D eigenvalue weighted by molar-refractivity contribution is 5.78. The van der Waals surface area contributed by atoms with Crippen molar-refractivity contribution in [3.8, 4) is 11.5 Å². The number of methoxy groups -OCH3 is 2. The van der Waals surface area contributed by atoms with Gasteiger partial charge in [0.25, 0.3) is 0 Å². The summed E-state index contributed by atoms with van der Waals surface area (Å²) in [4.78, 5) is 8.07. The van der Waals surface area contributed by atoms with Gasteiger partial charge in [0.15, 0.2) is 23.1 Å². The second kappa shape index (κ2) is 9.41. The molecule has 3 aromatic rings. The molecule has 3 rings (SSSR count). The molecule has 31 heavy (non-hydrogen) atoms. The average Bonchev–Trinajstić information content (AvgIpc) is 2.75. The highest BCUT2D eigenvalue weighted by atomic mass is 19.4. The van der Waals surface area contributed by atoms with Gasteiger partial charge in [-0.25, -0.2) is 9.97 Å². The summed E-state index contributed by atoms with van der Waals surface area (Å²) in [6, 6.07) is 10.7. The Balaban J connectivity index is 1.71. The lowest BCUT2D eigenvalue weighted by molar-refractivity contribution is -0.136. The first-order chi connectivity index (χ1) is 14.8. The van der Waals surface area contributed by atoms with Crippen LogP contribution in [0.1, 0.15) is 11.1 Å². The number of anilines is 4. The zero-order chi connectivity index (χ0) is 22.4. The third-order valence-electron chi connectivity index (χ3n) is 4.52. The lowest BCUT2D eigenvalue weighted by atomic mass is 10.1. The maximum atomic E-state index is 13.2. The zero-order valence-corrected chi connectivity index (χ0v) is 17.0. The first-order valence-electron chi connectivity index (χ1n) is 9.32. The molecule has 0 aliphatic carbocycles. The third-order valence-corrected chi connectivity index (χ3v) is 4.52. The van der Waals surface area contributed by atoms with Crippen LogP contribution >= 0.6 is 0 Å². The van der Waals surface area contributed by atoms with Gasteiger partial charge in [0.1, 0.15) is 12.0 Å². The molecule has 7 nitrogen and oxygen atoms in total. The van der Waals surface area contributed by atoms with E-state index in [0.29, 0.717) is 30.3 Å². The number of para-hydroxylation sites is 1. The van der Waals surface area contributed by atoms with E-state index in [4.69, 9.17) is 15.2 Å². The number of alkyl halides is 3. The van der Waals surface area contributed by atoms with Crippen molar-refractivity contribution in [1.29, 1.82) is 0 Å². The van der Waals surface area contributed by atoms with Crippen molar-refractivity contribution in [1.82, 2.24) is 9.97 Å². The van der Waals surface area contributed by atoms with Crippen LogP contribution in [0.5, 0.6) is 11.5 Å². The number of hydrogen-bond acceptors (Lipinski definition) is 7. The summed E-state index contributed by atoms with van der Waals surface area (Å²) in [5.74, 6) is 1.66. The first kappa shape index (κ1) is 22.0. The van der Waals surface area contributed by atoms with Crippen LogP contribution in [0.25, 0.3) is 0 Å². The van der Waals surface area contributed by atoms with Gasteiger partial charge in [0.2, 0.25) is 0 Å². The Morgan fingerprint density at radius 3 is 2.39 bits per heavy atom. The maximum absolute atomic E-state index is 13.2. The molecule has 0 unspecified atom stereocenters. The average molecular weight is 433 g/mol. The topological polar surface area (TPSA) is 94.3 Å². The SMILES string of the molecule is COc1ccc(CCNc2ncnc(Nc3ccccc3C(F)(F)F)c2N)cc1OC. The van der Waals surface area contributed by atoms with E-state index in [1.165, 1.54) is 24.5 Å². The van der Waals surface area contributed by atoms with Crippen LogP contribution in [0.2, 0.25) is 0 Å². The normalized spacial score (nSPS) is 11.1. The van der Waals surface area contributed by atoms with E-state index < -0.39 is 11.7 Å². The van der Waals surface area contributed by atoms with Gasteiger partial charge in [0, 0.05) is 6.54 Å². The van der Waals surface area contributed by atoms with Gasteiger partial charge in [-0.2, -0.15) is 13.2 Å². The molecule has 164 valence electrons. The lowest BCUT2D eigenvalue weighted by Crippen LogP contribution is -2.12. The Hall–Kier alpha value is -3.69. The predicted molar refractivity (Wildman–Crippen MR) is 113 cm³/mol. The molecule has 10 heteroatoms. The number of nitrogens with zero attached hydrogens (tertiary/aromatic N) is 2. The molecule has 1 aromatic heterocycles. The van der Waals surface area contributed by atoms with Crippen molar-refractivity contribution in [3.05, 3.63) is 59.9 Å². The number of nitrogen functional groups attached to an aromatic ring is 1. The Kier molecular flexibility index (Phi) is 6.68. The first-order valence-corrected chi connectivity index (χ1v) is 9.32. The minimum atomic E-state index is -4.51. The number of rotatable bonds is 8. The highest BCUT2D eigenvalue weighted by Crippen LogP contribution is 2.37. The fraction of sp³-hybridized carbons (Fsp3) is 0.238. The molecule has 0 saturated heterocycles. The standard InChI is InChI=1S/C21H22F3N5O2/c1-30-16-8-7-13(11-17(16)31-2)9-10-26-19-18(25)20(28-12-27-19)29-15-6-4-3-5-14(15)21(22,23)24/h3-8,11-12H,9-10,25H2,1-2H3,(H2,26,27,28,29). The van der Waals surface area contributed by atoms with Gasteiger partial charge < -0.3 is 25.8 Å². The molecule has 1 heterocycles. The fourth-order valence-corrected chi connectivity index (χ4v) is 2.96. The molecular formula is C21H22F3N5O2. The van der Waals surface area contributed by atoms with Crippen molar-refractivity contribution in [2.45, 2.75) is 12.6 Å². The Morgan fingerprint density at radius 1 is 0.968 bits per heavy atom. The van der Waals surface area contributed by atoms with Crippen LogP contribution in [0, 0.1) is 0 Å². The molecule has 0 spiro atoms. The largest absolute Gasteiger partial charge is 0.493 e. The summed E-state index contributed by atoms with van der Waals surface area (Å²) in [7, 11) is 3.13. The third kappa shape index (κ3) is 5.27. The van der Waals surface area contributed by atoms with Crippen LogP contribution < -0.4 is 25.8 Å². The molecule has 0 bridgehead atoms. The van der Waals surface area contributed by atoms with E-state index >= 15 is 0 Å². The summed E-state index contributed by atoms with van der Waals surface area (Å²) >= 11 is 0. The van der Waals surface area contributed by atoms with Gasteiger partial charge in [0.05, 0.1) is 25.5 Å². The Labute approximate surface area is 177 Å². The second-order valence-electron chi connectivity index (χ2n) is 6.52. The van der Waals surface area contributed by atoms with Gasteiger partial charge in [-0.3, -0.25) is 0 Å². The summed E-state index contributed by atoms with van der Waals surface area (Å²) < 4.78 is 50.2. The van der Waals surface area contributed by atoms with E-state index in [1.54, 1.807) is 14.2 Å². The monoisotopic (exact) mass is 433 g/mol. The molecule has 0 radical (unpaired) electrons. The van der Waals surface area contributed by atoms with E-state index in [1.807, 2.05) is 18.2 Å². The van der Waals surface area contributed by atoms with Gasteiger partial charge in [-0.05, 0) is 36.2 Å². The van der Waals surface area contributed by atoms with Crippen molar-refractivity contribution >= 4 is 23.0 Å². The summed E-state index contributed by atoms with van der Waals surface area (Å²) in [5.41, 5.74) is 6.25. The quantitative estimate of drug-likeness (QED) is 0.482. The second-order valence-corrected chi connectivity index (χ2v) is 6.52. The minimum Gasteiger partial charge on any atom is -0.493 e. The Bertz CT molecular complexity index is 1040. The summed E-state index contributed by atoms with van der Waals surface area (Å²) in [5, 5.41) is 5.75. The number of nitrogens with one attached hydrogen (secondary N) is 2. The van der Waals surface area contributed by atoms with Crippen molar-refractivity contribution in [3.63, 3.8) is 0 Å². The van der Waals surface area contributed by atoms with E-state index in [2.05, 4.69) is 20.6 Å². The van der Waals surface area contributed by atoms with Crippen LogP contribution in [0.3, 0.4) is 0 Å². The number of aromatic nitrogens is 2. The number of ether oxygens (including phenoxy) is 2. The van der Waals surface area contributed by atoms with Gasteiger partial charge in [-0.15, -0.1) is 0 Å². The van der Waals surface area contributed by atoms with Crippen molar-refractivity contribution in [2.75, 3.05) is 37.1 Å². The molecule has 0 fully saturated rings. The number of hydrogen-bond donors (Lipinski definition) is 3. The van der Waals surface area contributed by atoms with E-state index in [0.717, 1.165) is 11.6 Å². The van der Waals surface area contributed by atoms with Crippen molar-refractivity contribution in [2.24, 2.45) is 0 Å². The molecule has 0 aliphatic rings. The van der Waals surface area contributed by atoms with E-state index in [-0.39, 0.29) is 17.2 Å². The molecule has 4 N–H and O–H groups in total. The number of benzene rings is 2. The van der Waals surface area contributed by atoms with Crippen LogP contribution in [0.15, 0.2) is 48.8 Å². The van der Waals surface area contributed by atoms with Crippen LogP contribution in [0.4, 0.5) is 36.2 Å². The molecular weight excluding hydrogens is 411 g/mol. The lowest BCUT2D eigenvalue weighted by Gasteiger charge is -2.16. The predicted octanol–water partition coefficient (Wildman–Crippen LogP) is 4.49. The molecule has 0 amide bonds. The molecule has 2 aromatic carbocycles. The molecule has 0 aliphatic heterocycles. The molecule has 0 atom stereocenters. The zero-order valence-electron chi connectivity index (χ0n) is 17.0. The highest BCUT2D eigenvalue weighted by Gasteiger charge is 2.33. The van der Waals surface area contributed by atoms with Crippen molar-refractivity contribution < 1.29 is 22.6 Å². The van der Waals surface area contributed by atoms with Gasteiger partial charge >= 0.3 is 6.18 Å². The van der Waals surface area contributed by atoms with Crippen LogP contribution in [-0.4, -0.2) is 30.7 Å². The minimum absolute atomic E-state index is 0.0836. The summed E-state index contributed by atoms with van der Waals surface area (Å²) in [6.07, 6.45) is -2.65. The maximum Gasteiger partial charge on any atom is 0.418 e. The number of halogens is 3. The number of nitrogens with two attached hydrogens (primary N) is 1. The van der Waals surface area contributed by atoms with Gasteiger partial charge in [-0.1, -0.05) is 18.2 Å². The summed E-state index contributed by atoms with van der Waals surface area (Å²) in [6.45, 7) is 0.481. The Morgan fingerprint density at radius 2 is 1.68 bits per heavy atom. The molecule has 0 saturated carbocycles.